The van der Waals surface area contributed by atoms with Crippen molar-refractivity contribution >= 4 is 23.2 Å². The first-order chi connectivity index (χ1) is 13.0. The van der Waals surface area contributed by atoms with E-state index in [0.717, 1.165) is 0 Å². The average Bonchev–Trinajstić information content (AvgIpc) is 2.99. The number of halogens is 2. The summed E-state index contributed by atoms with van der Waals surface area (Å²) in [7, 11) is 0. The molecule has 130 valence electrons. The van der Waals surface area contributed by atoms with Crippen molar-refractivity contribution in [1.82, 2.24) is 5.32 Å². The van der Waals surface area contributed by atoms with Gasteiger partial charge >= 0.3 is 0 Å². The van der Waals surface area contributed by atoms with Crippen LogP contribution in [0.2, 0.25) is 10.0 Å². The lowest BCUT2D eigenvalue weighted by Crippen LogP contribution is -2.39. The standard InChI is InChI=1S/C20H11Cl2N5/c21-15-7-3-1-5-13(15)17-19(9-23,10-24)20(11-25,12-26)18(27-17)14-6-2-4-8-16(14)22/h1-8,17-18,27H. The number of hydrogen-bond acceptors (Lipinski definition) is 5. The first-order valence-corrected chi connectivity index (χ1v) is 8.67. The summed E-state index contributed by atoms with van der Waals surface area (Å²) in [4.78, 5) is 0. The Hall–Kier alpha value is -3.06. The van der Waals surface area contributed by atoms with Gasteiger partial charge in [0.25, 0.3) is 0 Å². The highest BCUT2D eigenvalue weighted by atomic mass is 35.5. The van der Waals surface area contributed by atoms with Gasteiger partial charge in [0.2, 0.25) is 0 Å². The zero-order valence-corrected chi connectivity index (χ0v) is 15.3. The van der Waals surface area contributed by atoms with Crippen LogP contribution >= 0.6 is 23.2 Å². The van der Waals surface area contributed by atoms with E-state index in [1.165, 1.54) is 0 Å². The van der Waals surface area contributed by atoms with Gasteiger partial charge in [-0.25, -0.2) is 0 Å². The minimum atomic E-state index is -1.99. The first kappa shape index (κ1) is 18.7. The van der Waals surface area contributed by atoms with Gasteiger partial charge in [0, 0.05) is 10.0 Å². The van der Waals surface area contributed by atoms with Crippen molar-refractivity contribution in [2.45, 2.75) is 12.1 Å². The Morgan fingerprint density at radius 1 is 0.667 bits per heavy atom. The Morgan fingerprint density at radius 3 is 1.30 bits per heavy atom. The van der Waals surface area contributed by atoms with Crippen LogP contribution in [0, 0.1) is 56.2 Å². The zero-order chi connectivity index (χ0) is 19.7. The second-order valence-corrected chi connectivity index (χ2v) is 6.95. The largest absolute Gasteiger partial charge is 0.298 e. The van der Waals surface area contributed by atoms with Gasteiger partial charge in [0.1, 0.15) is 0 Å². The van der Waals surface area contributed by atoms with Crippen LogP contribution in [0.4, 0.5) is 0 Å². The van der Waals surface area contributed by atoms with Crippen LogP contribution in [0.25, 0.3) is 0 Å². The Labute approximate surface area is 166 Å². The number of nitrogens with zero attached hydrogens (tertiary/aromatic N) is 4. The third-order valence-corrected chi connectivity index (χ3v) is 5.65. The van der Waals surface area contributed by atoms with E-state index in [-0.39, 0.29) is 0 Å². The third-order valence-electron chi connectivity index (χ3n) is 4.96. The van der Waals surface area contributed by atoms with Gasteiger partial charge in [0.15, 0.2) is 10.8 Å². The Bertz CT molecular complexity index is 954. The van der Waals surface area contributed by atoms with Gasteiger partial charge < -0.3 is 0 Å². The molecule has 2 atom stereocenters. The molecule has 2 aromatic rings. The second-order valence-electron chi connectivity index (χ2n) is 6.14. The van der Waals surface area contributed by atoms with Crippen molar-refractivity contribution in [2.24, 2.45) is 10.8 Å². The predicted molar refractivity (Wildman–Crippen MR) is 98.8 cm³/mol. The van der Waals surface area contributed by atoms with Crippen molar-refractivity contribution in [3.05, 3.63) is 69.7 Å². The van der Waals surface area contributed by atoms with E-state index in [4.69, 9.17) is 23.2 Å². The molecule has 7 heteroatoms. The topological polar surface area (TPSA) is 107 Å². The maximum Gasteiger partial charge on any atom is 0.196 e. The molecule has 5 nitrogen and oxygen atoms in total. The molecule has 0 aromatic heterocycles. The highest BCUT2D eigenvalue weighted by Crippen LogP contribution is 2.61. The average molecular weight is 392 g/mol. The number of rotatable bonds is 2. The minimum absolute atomic E-state index is 0.328. The van der Waals surface area contributed by atoms with Crippen LogP contribution in [0.1, 0.15) is 23.2 Å². The molecule has 0 spiro atoms. The van der Waals surface area contributed by atoms with E-state index in [9.17, 15) is 21.0 Å². The lowest BCUT2D eigenvalue weighted by molar-refractivity contribution is 0.311. The molecule has 0 radical (unpaired) electrons. The third kappa shape index (κ3) is 2.46. The molecule has 0 saturated carbocycles. The van der Waals surface area contributed by atoms with Gasteiger partial charge in [-0.2, -0.15) is 21.0 Å². The van der Waals surface area contributed by atoms with Gasteiger partial charge in [-0.15, -0.1) is 0 Å². The molecule has 3 rings (SSSR count). The Balaban J connectivity index is 2.34. The summed E-state index contributed by atoms with van der Waals surface area (Å²) in [5.74, 6) is 0. The summed E-state index contributed by atoms with van der Waals surface area (Å²) < 4.78 is 0. The van der Waals surface area contributed by atoms with E-state index < -0.39 is 22.9 Å². The van der Waals surface area contributed by atoms with Crippen LogP contribution in [-0.2, 0) is 0 Å². The van der Waals surface area contributed by atoms with E-state index >= 15 is 0 Å². The molecular formula is C20H11Cl2N5. The van der Waals surface area contributed by atoms with Crippen LogP contribution in [0.15, 0.2) is 48.5 Å². The van der Waals surface area contributed by atoms with Crippen molar-refractivity contribution < 1.29 is 0 Å². The molecule has 1 aliphatic heterocycles. The van der Waals surface area contributed by atoms with Crippen LogP contribution in [-0.4, -0.2) is 0 Å². The molecule has 0 aliphatic carbocycles. The molecule has 0 amide bonds. The Kier molecular flexibility index (Phi) is 4.80. The zero-order valence-electron chi connectivity index (χ0n) is 13.8. The van der Waals surface area contributed by atoms with Gasteiger partial charge in [0.05, 0.1) is 36.4 Å². The summed E-state index contributed by atoms with van der Waals surface area (Å²) in [6.07, 6.45) is 0. The van der Waals surface area contributed by atoms with E-state index in [1.54, 1.807) is 48.5 Å². The summed E-state index contributed by atoms with van der Waals surface area (Å²) in [5, 5.41) is 43.7. The lowest BCUT2D eigenvalue weighted by Gasteiger charge is -2.29. The number of nitrogens with one attached hydrogen (secondary N) is 1. The quantitative estimate of drug-likeness (QED) is 0.813. The monoisotopic (exact) mass is 391 g/mol. The summed E-state index contributed by atoms with van der Waals surface area (Å²) in [6, 6.07) is 19.3. The molecule has 2 aromatic carbocycles. The van der Waals surface area contributed by atoms with Crippen LogP contribution < -0.4 is 5.32 Å². The number of hydrogen-bond donors (Lipinski definition) is 1. The lowest BCUT2D eigenvalue weighted by atomic mass is 9.61. The highest BCUT2D eigenvalue weighted by Gasteiger charge is 2.69. The van der Waals surface area contributed by atoms with Crippen LogP contribution in [0.5, 0.6) is 0 Å². The fraction of sp³-hybridized carbons (Fsp3) is 0.200. The molecular weight excluding hydrogens is 381 g/mol. The molecule has 0 bridgehead atoms. The highest BCUT2D eigenvalue weighted by molar-refractivity contribution is 6.31. The van der Waals surface area contributed by atoms with Gasteiger partial charge in [-0.3, -0.25) is 5.32 Å². The normalized spacial score (nSPS) is 22.0. The van der Waals surface area contributed by atoms with Crippen LogP contribution in [0.3, 0.4) is 0 Å². The molecule has 1 heterocycles. The van der Waals surface area contributed by atoms with Gasteiger partial charge in [-0.1, -0.05) is 59.6 Å². The first-order valence-electron chi connectivity index (χ1n) is 7.91. The second kappa shape index (κ2) is 6.92. The molecule has 27 heavy (non-hydrogen) atoms. The van der Waals surface area contributed by atoms with Crippen molar-refractivity contribution in [3.63, 3.8) is 0 Å². The molecule has 1 fully saturated rings. The molecule has 1 saturated heterocycles. The SMILES string of the molecule is N#CC1(C#N)C(c2ccccc2Cl)NC(c2ccccc2Cl)C1(C#N)C#N. The summed E-state index contributed by atoms with van der Waals surface area (Å²) >= 11 is 12.6. The fourth-order valence-electron chi connectivity index (χ4n) is 3.60. The predicted octanol–water partition coefficient (Wildman–Crippen LogP) is 4.45. The van der Waals surface area contributed by atoms with E-state index in [2.05, 4.69) is 5.32 Å². The molecule has 2 unspecified atom stereocenters. The van der Waals surface area contributed by atoms with Crippen molar-refractivity contribution in [2.75, 3.05) is 0 Å². The maximum absolute atomic E-state index is 9.98. The van der Waals surface area contributed by atoms with E-state index in [1.807, 2.05) is 24.3 Å². The molecule has 1 N–H and O–H groups in total. The minimum Gasteiger partial charge on any atom is -0.298 e. The fourth-order valence-corrected chi connectivity index (χ4v) is 4.09. The molecule has 1 aliphatic rings. The van der Waals surface area contributed by atoms with Gasteiger partial charge in [-0.05, 0) is 23.3 Å². The maximum atomic E-state index is 9.98. The number of nitriles is 4. The van der Waals surface area contributed by atoms with Crippen molar-refractivity contribution in [3.8, 4) is 24.3 Å². The Morgan fingerprint density at radius 2 is 1.00 bits per heavy atom. The van der Waals surface area contributed by atoms with E-state index in [0.29, 0.717) is 21.2 Å². The van der Waals surface area contributed by atoms with Crippen molar-refractivity contribution in [1.29, 1.82) is 21.0 Å². The number of benzene rings is 2. The summed E-state index contributed by atoms with van der Waals surface area (Å²) in [5.41, 5.74) is -3.06. The summed E-state index contributed by atoms with van der Waals surface area (Å²) in [6.45, 7) is 0. The smallest absolute Gasteiger partial charge is 0.196 e.